The van der Waals surface area contributed by atoms with E-state index in [9.17, 15) is 22.0 Å². The second-order valence-corrected chi connectivity index (χ2v) is 7.22. The van der Waals surface area contributed by atoms with E-state index >= 15 is 0 Å². The molecular weight excluding hydrogens is 340 g/mol. The van der Waals surface area contributed by atoms with Crippen molar-refractivity contribution in [3.63, 3.8) is 0 Å². The van der Waals surface area contributed by atoms with Crippen LogP contribution in [0.5, 0.6) is 0 Å². The number of nitrogens with zero attached hydrogens (tertiary/aromatic N) is 1. The summed E-state index contributed by atoms with van der Waals surface area (Å²) in [6, 6.07) is 4.08. The Labute approximate surface area is 141 Å². The first-order valence-corrected chi connectivity index (χ1v) is 9.00. The molecule has 0 radical (unpaired) electrons. The lowest BCUT2D eigenvalue weighted by molar-refractivity contribution is 0.0118. The number of hydrogen-bond acceptors (Lipinski definition) is 4. The normalized spacial score (nSPS) is 12.5. The fourth-order valence-electron chi connectivity index (χ4n) is 2.11. The first-order valence-electron chi connectivity index (χ1n) is 7.56. The predicted octanol–water partition coefficient (Wildman–Crippen LogP) is 1.35. The Hall–Kier alpha value is -1.58. The van der Waals surface area contributed by atoms with Crippen LogP contribution in [0.15, 0.2) is 23.1 Å². The highest BCUT2D eigenvalue weighted by atomic mass is 32.2. The average Bonchev–Trinajstić information content (AvgIpc) is 2.53. The topological polar surface area (TPSA) is 92.5 Å². The van der Waals surface area contributed by atoms with E-state index in [1.54, 1.807) is 20.8 Å². The van der Waals surface area contributed by atoms with Crippen LogP contribution >= 0.6 is 0 Å². The van der Waals surface area contributed by atoms with E-state index < -0.39 is 34.9 Å². The van der Waals surface area contributed by atoms with Crippen molar-refractivity contribution >= 4 is 15.9 Å². The molecule has 0 saturated carbocycles. The maximum absolute atomic E-state index is 13.1. The van der Waals surface area contributed by atoms with Crippen LogP contribution < -0.4 is 11.1 Å². The summed E-state index contributed by atoms with van der Waals surface area (Å²) < 4.78 is 52.7. The van der Waals surface area contributed by atoms with Gasteiger partial charge in [-0.25, -0.2) is 17.2 Å². The van der Waals surface area contributed by atoms with Crippen LogP contribution in [0.3, 0.4) is 0 Å². The summed E-state index contributed by atoms with van der Waals surface area (Å²) in [5, 5.41) is 2.07. The number of benzene rings is 1. The number of carbonyl (C=O) groups excluding carboxylic acids is 1. The Morgan fingerprint density at radius 2 is 1.88 bits per heavy atom. The Balaban J connectivity index is 3.12. The summed E-state index contributed by atoms with van der Waals surface area (Å²) in [4.78, 5) is 12.0. The third-order valence-electron chi connectivity index (χ3n) is 3.58. The number of nitrogens with two attached hydrogens (primary N) is 1. The van der Waals surface area contributed by atoms with Crippen molar-refractivity contribution in [2.75, 3.05) is 26.2 Å². The van der Waals surface area contributed by atoms with Gasteiger partial charge in [-0.1, -0.05) is 19.9 Å². The SMILES string of the molecule is CCN(CC)S(=O)(=O)c1cc(C(=O)NCC(F)(F)CN)ccc1C. The minimum absolute atomic E-state index is 0.000785. The molecule has 0 spiro atoms. The second kappa shape index (κ2) is 8.00. The van der Waals surface area contributed by atoms with E-state index in [-0.39, 0.29) is 23.5 Å². The van der Waals surface area contributed by atoms with Gasteiger partial charge in [-0.15, -0.1) is 0 Å². The lowest BCUT2D eigenvalue weighted by Gasteiger charge is -2.20. The van der Waals surface area contributed by atoms with E-state index in [0.717, 1.165) is 0 Å². The summed E-state index contributed by atoms with van der Waals surface area (Å²) in [6.07, 6.45) is 0. The third kappa shape index (κ3) is 4.71. The fourth-order valence-corrected chi connectivity index (χ4v) is 3.81. The van der Waals surface area contributed by atoms with Gasteiger partial charge in [0.15, 0.2) is 0 Å². The summed E-state index contributed by atoms with van der Waals surface area (Å²) in [6.45, 7) is 3.82. The number of amides is 1. The molecule has 0 atom stereocenters. The van der Waals surface area contributed by atoms with Crippen molar-refractivity contribution in [2.24, 2.45) is 5.73 Å². The quantitative estimate of drug-likeness (QED) is 0.729. The number of carbonyl (C=O) groups is 1. The Kier molecular flexibility index (Phi) is 6.82. The summed E-state index contributed by atoms with van der Waals surface area (Å²) in [7, 11) is -3.75. The van der Waals surface area contributed by atoms with Crippen LogP contribution in [-0.2, 0) is 10.0 Å². The number of halogens is 2. The molecule has 0 aliphatic carbocycles. The minimum Gasteiger partial charge on any atom is -0.346 e. The van der Waals surface area contributed by atoms with Gasteiger partial charge < -0.3 is 11.1 Å². The molecule has 24 heavy (non-hydrogen) atoms. The maximum Gasteiger partial charge on any atom is 0.277 e. The van der Waals surface area contributed by atoms with Gasteiger partial charge in [-0.3, -0.25) is 4.79 Å². The molecule has 1 amide bonds. The van der Waals surface area contributed by atoms with Gasteiger partial charge in [0.2, 0.25) is 10.0 Å². The number of aryl methyl sites for hydroxylation is 1. The van der Waals surface area contributed by atoms with E-state index in [2.05, 4.69) is 5.32 Å². The van der Waals surface area contributed by atoms with Gasteiger partial charge in [0.1, 0.15) is 0 Å². The number of nitrogens with one attached hydrogen (secondary N) is 1. The standard InChI is InChI=1S/C15H23F2N3O3S/c1-4-20(5-2)24(22,23)13-8-12(7-6-11(13)3)14(21)19-10-15(16,17)9-18/h6-8H,4-5,9-10,18H2,1-3H3,(H,19,21). The van der Waals surface area contributed by atoms with Crippen molar-refractivity contribution in [3.05, 3.63) is 29.3 Å². The molecule has 0 saturated heterocycles. The zero-order valence-electron chi connectivity index (χ0n) is 14.0. The number of hydrogen-bond donors (Lipinski definition) is 2. The van der Waals surface area contributed by atoms with Gasteiger partial charge in [-0.2, -0.15) is 4.31 Å². The Morgan fingerprint density at radius 1 is 1.29 bits per heavy atom. The number of rotatable bonds is 8. The molecule has 9 heteroatoms. The highest BCUT2D eigenvalue weighted by Gasteiger charge is 2.28. The van der Waals surface area contributed by atoms with Gasteiger partial charge in [-0.05, 0) is 24.6 Å². The van der Waals surface area contributed by atoms with E-state index in [4.69, 9.17) is 5.73 Å². The molecule has 1 aromatic carbocycles. The molecule has 1 aromatic rings. The van der Waals surface area contributed by atoms with Crippen molar-refractivity contribution in [3.8, 4) is 0 Å². The molecule has 1 rings (SSSR count). The van der Waals surface area contributed by atoms with Gasteiger partial charge >= 0.3 is 0 Å². The van der Waals surface area contributed by atoms with Crippen molar-refractivity contribution in [2.45, 2.75) is 31.6 Å². The lowest BCUT2D eigenvalue weighted by atomic mass is 10.1. The Bertz CT molecular complexity index is 689. The summed E-state index contributed by atoms with van der Waals surface area (Å²) >= 11 is 0. The van der Waals surface area contributed by atoms with Crippen LogP contribution in [0, 0.1) is 6.92 Å². The minimum atomic E-state index is -3.75. The molecule has 3 N–H and O–H groups in total. The van der Waals surface area contributed by atoms with Crippen LogP contribution in [-0.4, -0.2) is 50.7 Å². The lowest BCUT2D eigenvalue weighted by Crippen LogP contribution is -2.41. The molecule has 136 valence electrons. The molecule has 0 bridgehead atoms. The predicted molar refractivity (Wildman–Crippen MR) is 87.6 cm³/mol. The van der Waals surface area contributed by atoms with Crippen LogP contribution in [0.2, 0.25) is 0 Å². The van der Waals surface area contributed by atoms with Gasteiger partial charge in [0.25, 0.3) is 11.8 Å². The number of alkyl halides is 2. The first kappa shape index (κ1) is 20.5. The second-order valence-electron chi connectivity index (χ2n) is 5.31. The average molecular weight is 363 g/mol. The fraction of sp³-hybridized carbons (Fsp3) is 0.533. The largest absolute Gasteiger partial charge is 0.346 e. The van der Waals surface area contributed by atoms with Crippen molar-refractivity contribution < 1.29 is 22.0 Å². The highest BCUT2D eigenvalue weighted by molar-refractivity contribution is 7.89. The molecular formula is C15H23F2N3O3S. The molecule has 0 heterocycles. The maximum atomic E-state index is 13.1. The zero-order chi connectivity index (χ0) is 18.5. The molecule has 0 fully saturated rings. The van der Waals surface area contributed by atoms with E-state index in [1.807, 2.05) is 0 Å². The van der Waals surface area contributed by atoms with Gasteiger partial charge in [0, 0.05) is 18.7 Å². The van der Waals surface area contributed by atoms with E-state index in [0.29, 0.717) is 5.56 Å². The van der Waals surface area contributed by atoms with E-state index in [1.165, 1.54) is 22.5 Å². The van der Waals surface area contributed by atoms with Crippen LogP contribution in [0.25, 0.3) is 0 Å². The summed E-state index contributed by atoms with van der Waals surface area (Å²) in [5.74, 6) is -3.99. The Morgan fingerprint density at radius 3 is 2.38 bits per heavy atom. The first-order chi connectivity index (χ1) is 11.1. The van der Waals surface area contributed by atoms with Gasteiger partial charge in [0.05, 0.1) is 18.0 Å². The molecule has 0 aliphatic heterocycles. The monoisotopic (exact) mass is 363 g/mol. The highest BCUT2D eigenvalue weighted by Crippen LogP contribution is 2.21. The van der Waals surface area contributed by atoms with Crippen molar-refractivity contribution in [1.82, 2.24) is 9.62 Å². The third-order valence-corrected chi connectivity index (χ3v) is 5.77. The van der Waals surface area contributed by atoms with Crippen molar-refractivity contribution in [1.29, 1.82) is 0 Å². The summed E-state index contributed by atoms with van der Waals surface area (Å²) in [5.41, 5.74) is 5.39. The van der Waals surface area contributed by atoms with Crippen LogP contribution in [0.1, 0.15) is 29.8 Å². The smallest absolute Gasteiger partial charge is 0.277 e. The zero-order valence-corrected chi connectivity index (χ0v) is 14.8. The molecule has 0 aliphatic rings. The number of sulfonamides is 1. The molecule has 0 unspecified atom stereocenters. The molecule has 0 aromatic heterocycles. The molecule has 6 nitrogen and oxygen atoms in total. The van der Waals surface area contributed by atoms with Crippen LogP contribution in [0.4, 0.5) is 8.78 Å².